The Balaban J connectivity index is 1.35. The molecule has 1 aliphatic heterocycles. The fraction of sp³-hybridized carbons (Fsp3) is 0.429. The maximum absolute atomic E-state index is 13.6. The smallest absolute Gasteiger partial charge is 0.261 e. The minimum absolute atomic E-state index is 0.0965. The van der Waals surface area contributed by atoms with Gasteiger partial charge in [0.25, 0.3) is 5.91 Å². The van der Waals surface area contributed by atoms with Crippen LogP contribution in [0.25, 0.3) is 0 Å². The highest BCUT2D eigenvalue weighted by Crippen LogP contribution is 2.23. The molecule has 0 saturated carbocycles. The molecular formula is C35H45N3O4. The predicted octanol–water partition coefficient (Wildman–Crippen LogP) is 5.58. The summed E-state index contributed by atoms with van der Waals surface area (Å²) >= 11 is 0. The van der Waals surface area contributed by atoms with E-state index < -0.39 is 6.04 Å². The van der Waals surface area contributed by atoms with Crippen molar-refractivity contribution in [2.45, 2.75) is 71.5 Å². The van der Waals surface area contributed by atoms with Crippen molar-refractivity contribution in [3.63, 3.8) is 0 Å². The van der Waals surface area contributed by atoms with Gasteiger partial charge in [0, 0.05) is 19.6 Å². The van der Waals surface area contributed by atoms with E-state index in [2.05, 4.69) is 47.9 Å². The van der Waals surface area contributed by atoms with Crippen LogP contribution in [-0.4, -0.2) is 49.1 Å². The van der Waals surface area contributed by atoms with E-state index in [0.717, 1.165) is 67.6 Å². The first kappa shape index (κ1) is 31.1. The van der Waals surface area contributed by atoms with Gasteiger partial charge in [-0.05, 0) is 92.4 Å². The van der Waals surface area contributed by atoms with Crippen molar-refractivity contribution < 1.29 is 19.1 Å². The third kappa shape index (κ3) is 9.62. The van der Waals surface area contributed by atoms with E-state index in [4.69, 9.17) is 9.47 Å². The van der Waals surface area contributed by atoms with Gasteiger partial charge in [0.1, 0.15) is 17.5 Å². The summed E-state index contributed by atoms with van der Waals surface area (Å²) in [6.07, 6.45) is 5.49. The lowest BCUT2D eigenvalue weighted by atomic mass is 10.1. The maximum Gasteiger partial charge on any atom is 0.261 e. The summed E-state index contributed by atoms with van der Waals surface area (Å²) in [4.78, 5) is 28.2. The van der Waals surface area contributed by atoms with Crippen LogP contribution in [0.15, 0.2) is 72.8 Å². The number of amides is 2. The van der Waals surface area contributed by atoms with Crippen LogP contribution in [0.3, 0.4) is 0 Å². The van der Waals surface area contributed by atoms with Crippen LogP contribution >= 0.6 is 0 Å². The molecule has 4 rings (SSSR count). The van der Waals surface area contributed by atoms with Crippen LogP contribution in [-0.2, 0) is 29.1 Å². The van der Waals surface area contributed by atoms with Crippen LogP contribution in [0, 0.1) is 6.92 Å². The molecule has 2 N–H and O–H groups in total. The molecule has 7 nitrogen and oxygen atoms in total. The molecule has 1 unspecified atom stereocenters. The number of nitrogens with zero attached hydrogens (tertiary/aromatic N) is 1. The molecule has 0 aliphatic carbocycles. The fourth-order valence-electron chi connectivity index (χ4n) is 5.24. The maximum atomic E-state index is 13.6. The molecule has 1 aliphatic rings. The number of ether oxygens (including phenoxy) is 2. The lowest BCUT2D eigenvalue weighted by Gasteiger charge is -2.30. The van der Waals surface area contributed by atoms with E-state index in [0.29, 0.717) is 31.9 Å². The number of aryl methyl sites for hydroxylation is 2. The Morgan fingerprint density at radius 2 is 1.81 bits per heavy atom. The summed E-state index contributed by atoms with van der Waals surface area (Å²) in [6, 6.07) is 23.8. The molecule has 0 bridgehead atoms. The average molecular weight is 572 g/mol. The normalized spacial score (nSPS) is 15.0. The van der Waals surface area contributed by atoms with Gasteiger partial charge in [-0.15, -0.1) is 0 Å². The molecule has 3 aromatic carbocycles. The van der Waals surface area contributed by atoms with E-state index in [1.807, 2.05) is 49.4 Å². The van der Waals surface area contributed by atoms with Gasteiger partial charge in [0.15, 0.2) is 6.61 Å². The van der Waals surface area contributed by atoms with Gasteiger partial charge in [-0.1, -0.05) is 61.5 Å². The summed E-state index contributed by atoms with van der Waals surface area (Å²) in [5.74, 6) is 1.19. The van der Waals surface area contributed by atoms with Crippen molar-refractivity contribution in [1.82, 2.24) is 15.5 Å². The van der Waals surface area contributed by atoms with Crippen LogP contribution in [0.5, 0.6) is 11.5 Å². The van der Waals surface area contributed by atoms with Gasteiger partial charge >= 0.3 is 0 Å². The quantitative estimate of drug-likeness (QED) is 0.233. The number of nitrogens with one attached hydrogen (secondary N) is 2. The first-order valence-corrected chi connectivity index (χ1v) is 15.3. The minimum Gasteiger partial charge on any atom is -0.493 e. The number of hydrogen-bond donors (Lipinski definition) is 2. The molecule has 0 aromatic heterocycles. The molecule has 3 aromatic rings. The zero-order chi connectivity index (χ0) is 29.6. The van der Waals surface area contributed by atoms with E-state index in [9.17, 15) is 9.59 Å². The number of benzene rings is 3. The highest BCUT2D eigenvalue weighted by atomic mass is 16.5. The van der Waals surface area contributed by atoms with Crippen LogP contribution in [0.2, 0.25) is 0 Å². The molecule has 1 saturated heterocycles. The predicted molar refractivity (Wildman–Crippen MR) is 167 cm³/mol. The van der Waals surface area contributed by atoms with Gasteiger partial charge in [-0.2, -0.15) is 0 Å². The SMILES string of the molecule is CCCOc1ccc(CN(C(=O)COc2cccc(CNCCCc3ccccc3)c2)C2CCCCNC2=O)cc1C. The number of carbonyl (C=O) groups is 2. The van der Waals surface area contributed by atoms with Crippen molar-refractivity contribution in [3.8, 4) is 11.5 Å². The Kier molecular flexibility index (Phi) is 12.3. The van der Waals surface area contributed by atoms with Crippen molar-refractivity contribution in [1.29, 1.82) is 0 Å². The molecule has 7 heteroatoms. The Bertz CT molecular complexity index is 1280. The second-order valence-electron chi connectivity index (χ2n) is 11.0. The topological polar surface area (TPSA) is 79.9 Å². The first-order chi connectivity index (χ1) is 20.5. The zero-order valence-corrected chi connectivity index (χ0v) is 25.1. The van der Waals surface area contributed by atoms with Crippen molar-refractivity contribution in [3.05, 3.63) is 95.1 Å². The summed E-state index contributed by atoms with van der Waals surface area (Å²) in [5, 5.41) is 6.48. The third-order valence-corrected chi connectivity index (χ3v) is 7.51. The standard InChI is InChI=1S/C35H45N3O4/c1-3-21-41-33-18-17-30(22-27(33)2)25-38(32-16-7-8-20-37-35(32)40)34(39)26-42-31-15-9-13-29(23-31)24-36-19-10-14-28-11-5-4-6-12-28/h4-6,9,11-13,15,17-18,22-23,32,36H,3,7-8,10,14,16,19-21,24-26H2,1-2H3,(H,37,40). The molecule has 42 heavy (non-hydrogen) atoms. The molecule has 1 fully saturated rings. The summed E-state index contributed by atoms with van der Waals surface area (Å²) < 4.78 is 11.8. The Morgan fingerprint density at radius 1 is 0.976 bits per heavy atom. The molecular weight excluding hydrogens is 526 g/mol. The largest absolute Gasteiger partial charge is 0.493 e. The van der Waals surface area contributed by atoms with Crippen molar-refractivity contribution in [2.24, 2.45) is 0 Å². The summed E-state index contributed by atoms with van der Waals surface area (Å²) in [5.41, 5.74) is 4.42. The van der Waals surface area contributed by atoms with Crippen LogP contribution in [0.1, 0.15) is 61.3 Å². The average Bonchev–Trinajstić information content (AvgIpc) is 3.22. The van der Waals surface area contributed by atoms with Gasteiger partial charge in [0.05, 0.1) is 6.61 Å². The van der Waals surface area contributed by atoms with Crippen LogP contribution < -0.4 is 20.1 Å². The first-order valence-electron chi connectivity index (χ1n) is 15.3. The zero-order valence-electron chi connectivity index (χ0n) is 25.1. The number of rotatable bonds is 15. The van der Waals surface area contributed by atoms with Crippen LogP contribution in [0.4, 0.5) is 0 Å². The van der Waals surface area contributed by atoms with Crippen molar-refractivity contribution in [2.75, 3.05) is 26.3 Å². The summed E-state index contributed by atoms with van der Waals surface area (Å²) in [6.45, 7) is 7.24. The highest BCUT2D eigenvalue weighted by Gasteiger charge is 2.31. The molecule has 1 atom stereocenters. The van der Waals surface area contributed by atoms with Gasteiger partial charge < -0.3 is 25.0 Å². The fourth-order valence-corrected chi connectivity index (χ4v) is 5.24. The van der Waals surface area contributed by atoms with E-state index in [1.54, 1.807) is 4.90 Å². The lowest BCUT2D eigenvalue weighted by Crippen LogP contribution is -2.49. The minimum atomic E-state index is -0.522. The van der Waals surface area contributed by atoms with Gasteiger partial charge in [-0.3, -0.25) is 9.59 Å². The highest BCUT2D eigenvalue weighted by molar-refractivity contribution is 5.88. The summed E-state index contributed by atoms with van der Waals surface area (Å²) in [7, 11) is 0. The van der Waals surface area contributed by atoms with Crippen molar-refractivity contribution >= 4 is 11.8 Å². The van der Waals surface area contributed by atoms with E-state index in [-0.39, 0.29) is 18.4 Å². The number of carbonyl (C=O) groups excluding carboxylic acids is 2. The molecule has 1 heterocycles. The molecule has 0 radical (unpaired) electrons. The van der Waals surface area contributed by atoms with Gasteiger partial charge in [0.2, 0.25) is 5.91 Å². The molecule has 224 valence electrons. The molecule has 2 amide bonds. The number of hydrogen-bond acceptors (Lipinski definition) is 5. The Labute approximate surface area is 250 Å². The van der Waals surface area contributed by atoms with E-state index >= 15 is 0 Å². The van der Waals surface area contributed by atoms with E-state index in [1.165, 1.54) is 5.56 Å². The lowest BCUT2D eigenvalue weighted by molar-refractivity contribution is -0.142. The third-order valence-electron chi connectivity index (χ3n) is 7.51. The second-order valence-corrected chi connectivity index (χ2v) is 11.0. The molecule has 0 spiro atoms. The Morgan fingerprint density at radius 3 is 2.62 bits per heavy atom. The Hall–Kier alpha value is -3.84. The van der Waals surface area contributed by atoms with Gasteiger partial charge in [-0.25, -0.2) is 0 Å². The second kappa shape index (κ2) is 16.6. The monoisotopic (exact) mass is 571 g/mol.